The van der Waals surface area contributed by atoms with Crippen molar-refractivity contribution in [2.24, 2.45) is 0 Å². The zero-order chi connectivity index (χ0) is 12.4. The molecule has 3 N–H and O–H groups in total. The van der Waals surface area contributed by atoms with Crippen molar-refractivity contribution in [2.45, 2.75) is 13.0 Å². The van der Waals surface area contributed by atoms with Gasteiger partial charge in [-0.1, -0.05) is 0 Å². The van der Waals surface area contributed by atoms with Gasteiger partial charge in [0.05, 0.1) is 19.5 Å². The predicted molar refractivity (Wildman–Crippen MR) is 60.4 cm³/mol. The molecular weight excluding hydrogens is 222 g/mol. The normalized spacial score (nSPS) is 12.4. The number of methoxy groups -OCH3 is 1. The molecule has 0 aliphatic carbocycles. The maximum Gasteiger partial charge on any atom is 0.360 e. The highest BCUT2D eigenvalue weighted by Gasteiger charge is 2.20. The van der Waals surface area contributed by atoms with Gasteiger partial charge in [0.25, 0.3) is 0 Å². The van der Waals surface area contributed by atoms with E-state index in [1.807, 2.05) is 6.92 Å². The first-order valence-electron chi connectivity index (χ1n) is 5.05. The highest BCUT2D eigenvalue weighted by Crippen LogP contribution is 2.20. The van der Waals surface area contributed by atoms with Crippen molar-refractivity contribution in [3.8, 4) is 0 Å². The lowest BCUT2D eigenvalue weighted by atomic mass is 10.3. The van der Waals surface area contributed by atoms with Crippen molar-refractivity contribution in [1.82, 2.24) is 19.5 Å². The summed E-state index contributed by atoms with van der Waals surface area (Å²) >= 11 is 0. The molecule has 0 spiro atoms. The lowest BCUT2D eigenvalue weighted by Gasteiger charge is -2.12. The average molecular weight is 235 g/mol. The standard InChI is InChI=1S/C10H13N5O2/c1-6(9-12-3-4-13-9)15-5-14-7(8(15)11)10(16)17-2/h3-6H,11H2,1-2H3,(H,12,13). The van der Waals surface area contributed by atoms with Gasteiger partial charge in [0.15, 0.2) is 5.69 Å². The maximum atomic E-state index is 11.4. The Bertz CT molecular complexity index is 517. The number of aromatic nitrogens is 4. The summed E-state index contributed by atoms with van der Waals surface area (Å²) in [5.41, 5.74) is 5.96. The van der Waals surface area contributed by atoms with Crippen molar-refractivity contribution in [3.05, 3.63) is 30.2 Å². The molecule has 0 radical (unpaired) electrons. The number of hydrogen-bond acceptors (Lipinski definition) is 5. The molecule has 2 aromatic rings. The molecule has 7 nitrogen and oxygen atoms in total. The van der Waals surface area contributed by atoms with Crippen LogP contribution in [0.3, 0.4) is 0 Å². The van der Waals surface area contributed by atoms with Crippen LogP contribution in [0.25, 0.3) is 0 Å². The smallest absolute Gasteiger partial charge is 0.360 e. The van der Waals surface area contributed by atoms with Crippen molar-refractivity contribution in [2.75, 3.05) is 12.8 Å². The van der Waals surface area contributed by atoms with E-state index in [-0.39, 0.29) is 17.6 Å². The summed E-state index contributed by atoms with van der Waals surface area (Å²) < 4.78 is 6.24. The fourth-order valence-corrected chi connectivity index (χ4v) is 1.57. The molecular formula is C10H13N5O2. The van der Waals surface area contributed by atoms with Crippen LogP contribution in [0.4, 0.5) is 5.82 Å². The van der Waals surface area contributed by atoms with E-state index in [1.54, 1.807) is 17.0 Å². The SMILES string of the molecule is COC(=O)c1ncn(C(C)c2ncc[nH]2)c1N. The number of H-pyrrole nitrogens is 1. The first kappa shape index (κ1) is 11.2. The highest BCUT2D eigenvalue weighted by atomic mass is 16.5. The molecule has 0 aliphatic heterocycles. The number of nitrogen functional groups attached to an aromatic ring is 1. The number of imidazole rings is 2. The summed E-state index contributed by atoms with van der Waals surface area (Å²) in [7, 11) is 1.29. The van der Waals surface area contributed by atoms with Crippen LogP contribution in [0.15, 0.2) is 18.7 Å². The summed E-state index contributed by atoms with van der Waals surface area (Å²) in [4.78, 5) is 22.4. The topological polar surface area (TPSA) is 98.8 Å². The monoisotopic (exact) mass is 235 g/mol. The van der Waals surface area contributed by atoms with Crippen molar-refractivity contribution in [3.63, 3.8) is 0 Å². The third-order valence-corrected chi connectivity index (χ3v) is 2.54. The van der Waals surface area contributed by atoms with Gasteiger partial charge in [-0.15, -0.1) is 0 Å². The third-order valence-electron chi connectivity index (χ3n) is 2.54. The first-order valence-corrected chi connectivity index (χ1v) is 5.05. The summed E-state index contributed by atoms with van der Waals surface area (Å²) in [6, 6.07) is -0.129. The summed E-state index contributed by atoms with van der Waals surface area (Å²) in [6.07, 6.45) is 4.87. The van der Waals surface area contributed by atoms with E-state index in [2.05, 4.69) is 19.7 Å². The van der Waals surface area contributed by atoms with Gasteiger partial charge in [0.2, 0.25) is 0 Å². The Morgan fingerprint density at radius 2 is 2.35 bits per heavy atom. The fourth-order valence-electron chi connectivity index (χ4n) is 1.57. The quantitative estimate of drug-likeness (QED) is 0.758. The van der Waals surface area contributed by atoms with Gasteiger partial charge < -0.3 is 20.0 Å². The minimum absolute atomic E-state index is 0.117. The summed E-state index contributed by atoms with van der Waals surface area (Å²) in [5, 5.41) is 0. The molecule has 0 bridgehead atoms. The maximum absolute atomic E-state index is 11.4. The van der Waals surface area contributed by atoms with E-state index >= 15 is 0 Å². The van der Waals surface area contributed by atoms with E-state index in [0.717, 1.165) is 5.82 Å². The molecule has 0 aromatic carbocycles. The molecule has 7 heteroatoms. The summed E-state index contributed by atoms with van der Waals surface area (Å²) in [5.74, 6) is 0.458. The second kappa shape index (κ2) is 4.28. The number of nitrogens with one attached hydrogen (secondary N) is 1. The van der Waals surface area contributed by atoms with Gasteiger partial charge in [0, 0.05) is 12.4 Å². The molecule has 0 saturated heterocycles. The Hall–Kier alpha value is -2.31. The zero-order valence-electron chi connectivity index (χ0n) is 9.54. The molecule has 2 rings (SSSR count). The van der Waals surface area contributed by atoms with Gasteiger partial charge in [-0.3, -0.25) is 0 Å². The second-order valence-corrected chi connectivity index (χ2v) is 3.53. The van der Waals surface area contributed by atoms with E-state index < -0.39 is 5.97 Å². The molecule has 0 fully saturated rings. The van der Waals surface area contributed by atoms with Crippen molar-refractivity contribution < 1.29 is 9.53 Å². The van der Waals surface area contributed by atoms with Crippen LogP contribution in [-0.2, 0) is 4.74 Å². The van der Waals surface area contributed by atoms with Gasteiger partial charge in [0.1, 0.15) is 11.6 Å². The molecule has 0 aliphatic rings. The lowest BCUT2D eigenvalue weighted by Crippen LogP contribution is -2.12. The molecule has 1 atom stereocenters. The van der Waals surface area contributed by atoms with Gasteiger partial charge >= 0.3 is 5.97 Å². The zero-order valence-corrected chi connectivity index (χ0v) is 9.54. The van der Waals surface area contributed by atoms with E-state index in [0.29, 0.717) is 0 Å². The summed E-state index contributed by atoms with van der Waals surface area (Å²) in [6.45, 7) is 1.90. The van der Waals surface area contributed by atoms with Crippen LogP contribution in [0, 0.1) is 0 Å². The minimum Gasteiger partial charge on any atom is -0.464 e. The largest absolute Gasteiger partial charge is 0.464 e. The Labute approximate surface area is 97.6 Å². The second-order valence-electron chi connectivity index (χ2n) is 3.53. The van der Waals surface area contributed by atoms with E-state index in [4.69, 9.17) is 5.73 Å². The molecule has 2 heterocycles. The molecule has 90 valence electrons. The molecule has 17 heavy (non-hydrogen) atoms. The van der Waals surface area contributed by atoms with E-state index in [9.17, 15) is 4.79 Å². The Morgan fingerprint density at radius 3 is 2.94 bits per heavy atom. The van der Waals surface area contributed by atoms with Crippen LogP contribution in [0.5, 0.6) is 0 Å². The number of aromatic amines is 1. The predicted octanol–water partition coefficient (Wildman–Crippen LogP) is 0.584. The molecule has 0 saturated carbocycles. The minimum atomic E-state index is -0.548. The number of rotatable bonds is 3. The number of hydrogen-bond donors (Lipinski definition) is 2. The number of ether oxygens (including phenoxy) is 1. The molecule has 2 aromatic heterocycles. The van der Waals surface area contributed by atoms with Crippen LogP contribution in [0.1, 0.15) is 29.3 Å². The number of carbonyl (C=O) groups excluding carboxylic acids is 1. The number of esters is 1. The fraction of sp³-hybridized carbons (Fsp3) is 0.300. The van der Waals surface area contributed by atoms with Crippen molar-refractivity contribution in [1.29, 1.82) is 0 Å². The Morgan fingerprint density at radius 1 is 1.59 bits per heavy atom. The molecule has 0 amide bonds. The van der Waals surface area contributed by atoms with Gasteiger partial charge in [-0.2, -0.15) is 0 Å². The Balaban J connectivity index is 2.34. The lowest BCUT2D eigenvalue weighted by molar-refractivity contribution is 0.0596. The van der Waals surface area contributed by atoms with Crippen LogP contribution in [-0.4, -0.2) is 32.6 Å². The number of carbonyl (C=O) groups is 1. The number of anilines is 1. The van der Waals surface area contributed by atoms with Crippen molar-refractivity contribution >= 4 is 11.8 Å². The van der Waals surface area contributed by atoms with Gasteiger partial charge in [-0.25, -0.2) is 14.8 Å². The number of nitrogens with two attached hydrogens (primary N) is 1. The van der Waals surface area contributed by atoms with Gasteiger partial charge in [-0.05, 0) is 6.92 Å². The van der Waals surface area contributed by atoms with E-state index in [1.165, 1.54) is 13.4 Å². The van der Waals surface area contributed by atoms with Crippen LogP contribution in [0.2, 0.25) is 0 Å². The first-order chi connectivity index (χ1) is 8.15. The van der Waals surface area contributed by atoms with Crippen LogP contribution >= 0.6 is 0 Å². The average Bonchev–Trinajstić information content (AvgIpc) is 2.96. The Kier molecular flexibility index (Phi) is 2.82. The van der Waals surface area contributed by atoms with Crippen LogP contribution < -0.4 is 5.73 Å². The highest BCUT2D eigenvalue weighted by molar-refractivity contribution is 5.92. The third kappa shape index (κ3) is 1.86. The molecule has 1 unspecified atom stereocenters. The number of nitrogens with zero attached hydrogens (tertiary/aromatic N) is 3.